The van der Waals surface area contributed by atoms with Gasteiger partial charge in [-0.15, -0.1) is 0 Å². The third-order valence-electron chi connectivity index (χ3n) is 5.88. The number of methoxy groups -OCH3 is 1. The topological polar surface area (TPSA) is 148 Å². The molecule has 1 aromatic heterocycles. The summed E-state index contributed by atoms with van der Waals surface area (Å²) in [4.78, 5) is 21.3. The van der Waals surface area contributed by atoms with Crippen molar-refractivity contribution in [3.05, 3.63) is 95.8 Å². The highest BCUT2D eigenvalue weighted by Crippen LogP contribution is 2.33. The smallest absolute Gasteiger partial charge is 0.264 e. The Balaban J connectivity index is 1.57. The minimum Gasteiger partial charge on any atom is -0.495 e. The van der Waals surface area contributed by atoms with Gasteiger partial charge in [-0.25, -0.2) is 31.5 Å². The molecule has 0 saturated heterocycles. The number of rotatable bonds is 10. The molecule has 0 bridgehead atoms. The third kappa shape index (κ3) is 6.99. The molecule has 4 rings (SSSR count). The van der Waals surface area contributed by atoms with E-state index in [0.29, 0.717) is 11.4 Å². The maximum Gasteiger partial charge on any atom is 0.264 e. The molecule has 0 spiro atoms. The summed E-state index contributed by atoms with van der Waals surface area (Å²) in [6, 6.07) is 19.9. The summed E-state index contributed by atoms with van der Waals surface area (Å²) in [6.07, 6.45) is 0. The maximum atomic E-state index is 13.7. The fraction of sp³-hybridized carbons (Fsp3) is 0.179. The molecule has 0 unspecified atom stereocenters. The zero-order chi connectivity index (χ0) is 29.8. The van der Waals surface area contributed by atoms with Gasteiger partial charge in [-0.3, -0.25) is 9.10 Å². The summed E-state index contributed by atoms with van der Waals surface area (Å²) < 4.78 is 61.7. The molecule has 13 heteroatoms. The van der Waals surface area contributed by atoms with E-state index in [2.05, 4.69) is 20.0 Å². The molecule has 0 aliphatic rings. The van der Waals surface area contributed by atoms with E-state index in [4.69, 9.17) is 4.74 Å². The zero-order valence-corrected chi connectivity index (χ0v) is 24.5. The van der Waals surface area contributed by atoms with Crippen molar-refractivity contribution in [1.82, 2.24) is 9.97 Å². The fourth-order valence-corrected chi connectivity index (χ4v) is 6.40. The first-order chi connectivity index (χ1) is 19.4. The van der Waals surface area contributed by atoms with Gasteiger partial charge >= 0.3 is 0 Å². The van der Waals surface area contributed by atoms with Gasteiger partial charge in [0.15, 0.2) is 0 Å². The van der Waals surface area contributed by atoms with Gasteiger partial charge in [0, 0.05) is 17.1 Å². The van der Waals surface area contributed by atoms with E-state index in [9.17, 15) is 21.6 Å². The predicted octanol–water partition coefficient (Wildman–Crippen LogP) is 4.05. The summed E-state index contributed by atoms with van der Waals surface area (Å²) in [5.74, 6) is -0.422. The summed E-state index contributed by atoms with van der Waals surface area (Å²) in [7, 11) is -6.74. The number of aromatic nitrogens is 2. The third-order valence-corrected chi connectivity index (χ3v) is 9.00. The highest BCUT2D eigenvalue weighted by Gasteiger charge is 2.29. The Morgan fingerprint density at radius 1 is 0.829 bits per heavy atom. The van der Waals surface area contributed by atoms with Crippen molar-refractivity contribution in [1.29, 1.82) is 0 Å². The van der Waals surface area contributed by atoms with Gasteiger partial charge < -0.3 is 10.1 Å². The van der Waals surface area contributed by atoms with Crippen LogP contribution in [-0.2, 0) is 24.8 Å². The molecule has 3 aromatic carbocycles. The minimum atomic E-state index is -4.16. The molecule has 1 amide bonds. The van der Waals surface area contributed by atoms with E-state index in [-0.39, 0.29) is 32.9 Å². The normalized spacial score (nSPS) is 11.5. The van der Waals surface area contributed by atoms with Crippen molar-refractivity contribution in [3.8, 4) is 5.75 Å². The quantitative estimate of drug-likeness (QED) is 0.279. The number of nitrogens with one attached hydrogen (secondary N) is 2. The molecular formula is C28H29N5O6S2. The van der Waals surface area contributed by atoms with Crippen LogP contribution in [0.3, 0.4) is 0 Å². The Morgan fingerprint density at radius 3 is 2.07 bits per heavy atom. The van der Waals surface area contributed by atoms with Crippen molar-refractivity contribution in [2.45, 2.75) is 30.6 Å². The Labute approximate surface area is 239 Å². The summed E-state index contributed by atoms with van der Waals surface area (Å²) in [6.45, 7) is 4.69. The number of amides is 1. The fourth-order valence-electron chi connectivity index (χ4n) is 4.01. The lowest BCUT2D eigenvalue weighted by molar-refractivity contribution is -0.114. The first kappa shape index (κ1) is 29.5. The van der Waals surface area contributed by atoms with Crippen LogP contribution in [0.5, 0.6) is 5.75 Å². The number of sulfonamides is 2. The van der Waals surface area contributed by atoms with E-state index < -0.39 is 32.5 Å². The summed E-state index contributed by atoms with van der Waals surface area (Å²) in [5.41, 5.74) is 2.46. The van der Waals surface area contributed by atoms with Crippen LogP contribution in [0.1, 0.15) is 17.0 Å². The number of nitrogens with zero attached hydrogens (tertiary/aromatic N) is 3. The average Bonchev–Trinajstić information content (AvgIpc) is 2.91. The lowest BCUT2D eigenvalue weighted by atomic mass is 10.2. The second-order valence-corrected chi connectivity index (χ2v) is 12.7. The number of ether oxygens (including phenoxy) is 1. The van der Waals surface area contributed by atoms with Gasteiger partial charge in [-0.05, 0) is 80.9 Å². The molecule has 0 aliphatic heterocycles. The lowest BCUT2D eigenvalue weighted by Crippen LogP contribution is -2.38. The largest absolute Gasteiger partial charge is 0.495 e. The second-order valence-electron chi connectivity index (χ2n) is 9.15. The van der Waals surface area contributed by atoms with Crippen LogP contribution in [0.15, 0.2) is 88.7 Å². The van der Waals surface area contributed by atoms with Gasteiger partial charge in [0.2, 0.25) is 11.9 Å². The summed E-state index contributed by atoms with van der Waals surface area (Å²) >= 11 is 0. The first-order valence-corrected chi connectivity index (χ1v) is 15.3. The minimum absolute atomic E-state index is 0.00574. The molecular weight excluding hydrogens is 566 g/mol. The van der Waals surface area contributed by atoms with Crippen LogP contribution in [0.4, 0.5) is 17.3 Å². The van der Waals surface area contributed by atoms with Gasteiger partial charge in [-0.1, -0.05) is 24.3 Å². The molecule has 11 nitrogen and oxygen atoms in total. The molecule has 0 atom stereocenters. The molecule has 4 aromatic rings. The Morgan fingerprint density at radius 2 is 1.46 bits per heavy atom. The predicted molar refractivity (Wildman–Crippen MR) is 156 cm³/mol. The van der Waals surface area contributed by atoms with Crippen molar-refractivity contribution >= 4 is 43.3 Å². The summed E-state index contributed by atoms with van der Waals surface area (Å²) in [5, 5.41) is 2.64. The number of carbonyl (C=O) groups is 1. The zero-order valence-electron chi connectivity index (χ0n) is 22.8. The molecule has 41 heavy (non-hydrogen) atoms. The van der Waals surface area contributed by atoms with Gasteiger partial charge in [-0.2, -0.15) is 0 Å². The van der Waals surface area contributed by atoms with Crippen molar-refractivity contribution in [2.24, 2.45) is 0 Å². The number of hydrogen-bond acceptors (Lipinski definition) is 8. The number of anilines is 3. The van der Waals surface area contributed by atoms with Crippen LogP contribution in [0.25, 0.3) is 0 Å². The van der Waals surface area contributed by atoms with Crippen LogP contribution < -0.4 is 19.1 Å². The standard InChI is InChI=1S/C28H29N5O6S2/c1-19-10-15-26(39-4)25(16-19)33(41(37,38)24-8-6-5-7-9-24)18-27(34)31-22-11-13-23(14-12-22)40(35,36)32-28-29-20(2)17-21(3)30-28/h5-17H,18H2,1-4H3,(H,31,34)(H,29,30,32). The number of carbonyl (C=O) groups excluding carboxylic acids is 1. The Kier molecular flexibility index (Phi) is 8.59. The monoisotopic (exact) mass is 595 g/mol. The van der Waals surface area contributed by atoms with Crippen molar-refractivity contribution in [3.63, 3.8) is 0 Å². The van der Waals surface area contributed by atoms with E-state index in [1.165, 1.54) is 43.5 Å². The van der Waals surface area contributed by atoms with Crippen LogP contribution in [-0.4, -0.2) is 46.4 Å². The van der Waals surface area contributed by atoms with E-state index in [1.54, 1.807) is 63.2 Å². The molecule has 0 saturated carbocycles. The molecule has 214 valence electrons. The van der Waals surface area contributed by atoms with Crippen molar-refractivity contribution in [2.75, 3.05) is 28.0 Å². The lowest BCUT2D eigenvalue weighted by Gasteiger charge is -2.26. The molecule has 0 radical (unpaired) electrons. The van der Waals surface area contributed by atoms with Gasteiger partial charge in [0.25, 0.3) is 20.0 Å². The number of aryl methyl sites for hydroxylation is 3. The highest BCUT2D eigenvalue weighted by atomic mass is 32.2. The average molecular weight is 596 g/mol. The van der Waals surface area contributed by atoms with Crippen molar-refractivity contribution < 1.29 is 26.4 Å². The van der Waals surface area contributed by atoms with Gasteiger partial charge in [0.05, 0.1) is 22.6 Å². The number of benzene rings is 3. The number of hydrogen-bond donors (Lipinski definition) is 2. The highest BCUT2D eigenvalue weighted by molar-refractivity contribution is 7.93. The molecule has 2 N–H and O–H groups in total. The molecule has 0 fully saturated rings. The Bertz CT molecular complexity index is 1760. The maximum absolute atomic E-state index is 13.7. The van der Waals surface area contributed by atoms with E-state index in [0.717, 1.165) is 9.87 Å². The van der Waals surface area contributed by atoms with E-state index >= 15 is 0 Å². The molecule has 1 heterocycles. The van der Waals surface area contributed by atoms with E-state index in [1.807, 2.05) is 0 Å². The molecule has 0 aliphatic carbocycles. The van der Waals surface area contributed by atoms with Crippen LogP contribution >= 0.6 is 0 Å². The second kappa shape index (κ2) is 11.9. The Hall–Kier alpha value is -4.49. The van der Waals surface area contributed by atoms with Crippen LogP contribution in [0, 0.1) is 20.8 Å². The SMILES string of the molecule is COc1ccc(C)cc1N(CC(=O)Nc1ccc(S(=O)(=O)Nc2nc(C)cc(C)n2)cc1)S(=O)(=O)c1ccccc1. The van der Waals surface area contributed by atoms with Gasteiger partial charge in [0.1, 0.15) is 12.3 Å². The first-order valence-electron chi connectivity index (χ1n) is 12.4. The van der Waals surface area contributed by atoms with Crippen LogP contribution in [0.2, 0.25) is 0 Å².